The third kappa shape index (κ3) is 4.17. The van der Waals surface area contributed by atoms with Gasteiger partial charge in [-0.25, -0.2) is 4.68 Å². The molecule has 0 aliphatic carbocycles. The van der Waals surface area contributed by atoms with Crippen molar-refractivity contribution in [3.8, 4) is 5.69 Å². The number of ether oxygens (including phenoxy) is 1. The van der Waals surface area contributed by atoms with Crippen LogP contribution in [0.4, 0.5) is 0 Å². The van der Waals surface area contributed by atoms with Gasteiger partial charge in [-0.2, -0.15) is 0 Å². The number of hydrogen-bond donors (Lipinski definition) is 0. The van der Waals surface area contributed by atoms with Gasteiger partial charge in [0.2, 0.25) is 0 Å². The van der Waals surface area contributed by atoms with Crippen molar-refractivity contribution in [1.29, 1.82) is 0 Å². The molecule has 2 aromatic heterocycles. The fourth-order valence-corrected chi connectivity index (χ4v) is 3.16. The zero-order valence-electron chi connectivity index (χ0n) is 14.8. The van der Waals surface area contributed by atoms with E-state index in [2.05, 4.69) is 20.5 Å². The molecule has 1 amide bonds. The van der Waals surface area contributed by atoms with E-state index in [1.54, 1.807) is 23.0 Å². The predicted molar refractivity (Wildman–Crippen MR) is 97.1 cm³/mol. The van der Waals surface area contributed by atoms with Crippen LogP contribution in [-0.4, -0.2) is 55.3 Å². The van der Waals surface area contributed by atoms with E-state index < -0.39 is 0 Å². The number of pyridine rings is 1. The third-order valence-corrected chi connectivity index (χ3v) is 4.54. The SMILES string of the molecule is O=C(c1ccc(-n2cnnn2)cc1)N(Cc1ccccn1)C[C@@H]1CCCO1. The molecule has 0 N–H and O–H groups in total. The van der Waals surface area contributed by atoms with Crippen LogP contribution in [0.2, 0.25) is 0 Å². The summed E-state index contributed by atoms with van der Waals surface area (Å²) in [5.41, 5.74) is 2.27. The van der Waals surface area contributed by atoms with Crippen LogP contribution in [0.5, 0.6) is 0 Å². The number of hydrogen-bond acceptors (Lipinski definition) is 6. The second kappa shape index (κ2) is 8.05. The van der Waals surface area contributed by atoms with Crippen molar-refractivity contribution in [3.63, 3.8) is 0 Å². The Balaban J connectivity index is 1.53. The van der Waals surface area contributed by atoms with Crippen LogP contribution in [0.25, 0.3) is 5.69 Å². The molecule has 27 heavy (non-hydrogen) atoms. The number of benzene rings is 1. The Kier molecular flexibility index (Phi) is 5.15. The van der Waals surface area contributed by atoms with Crippen LogP contribution in [0.3, 0.4) is 0 Å². The highest BCUT2D eigenvalue weighted by molar-refractivity contribution is 5.94. The molecular formula is C19H20N6O2. The first-order valence-electron chi connectivity index (χ1n) is 8.94. The summed E-state index contributed by atoms with van der Waals surface area (Å²) in [4.78, 5) is 19.3. The Morgan fingerprint density at radius 2 is 2.11 bits per heavy atom. The highest BCUT2D eigenvalue weighted by Gasteiger charge is 2.24. The first-order chi connectivity index (χ1) is 13.3. The molecule has 138 valence electrons. The standard InChI is InChI=1S/C19H20N6O2/c26-19(15-6-8-17(9-7-15)25-14-21-22-23-25)24(13-18-5-3-11-27-18)12-16-4-1-2-10-20-16/h1-2,4,6-10,14,18H,3,5,11-13H2/t18-/m0/s1. The number of carbonyl (C=O) groups excluding carboxylic acids is 1. The van der Waals surface area contributed by atoms with Crippen molar-refractivity contribution >= 4 is 5.91 Å². The Labute approximate surface area is 156 Å². The van der Waals surface area contributed by atoms with Crippen molar-refractivity contribution in [2.45, 2.75) is 25.5 Å². The highest BCUT2D eigenvalue weighted by Crippen LogP contribution is 2.17. The minimum absolute atomic E-state index is 0.0422. The predicted octanol–water partition coefficient (Wildman–Crippen LogP) is 1.88. The molecule has 1 aliphatic rings. The molecule has 3 aromatic rings. The summed E-state index contributed by atoms with van der Waals surface area (Å²) in [6, 6.07) is 13.0. The minimum Gasteiger partial charge on any atom is -0.376 e. The lowest BCUT2D eigenvalue weighted by Crippen LogP contribution is -2.37. The topological polar surface area (TPSA) is 86.0 Å². The maximum absolute atomic E-state index is 13.1. The normalized spacial score (nSPS) is 16.4. The number of tetrazole rings is 1. The molecule has 1 aliphatic heterocycles. The number of nitrogens with zero attached hydrogens (tertiary/aromatic N) is 6. The number of aromatic nitrogens is 5. The molecule has 8 heteroatoms. The minimum atomic E-state index is -0.0422. The van der Waals surface area contributed by atoms with Gasteiger partial charge in [-0.1, -0.05) is 6.07 Å². The summed E-state index contributed by atoms with van der Waals surface area (Å²) in [5.74, 6) is -0.0422. The summed E-state index contributed by atoms with van der Waals surface area (Å²) >= 11 is 0. The van der Waals surface area contributed by atoms with Gasteiger partial charge in [0, 0.05) is 24.9 Å². The summed E-state index contributed by atoms with van der Waals surface area (Å²) in [5, 5.41) is 11.1. The smallest absolute Gasteiger partial charge is 0.254 e. The molecule has 0 bridgehead atoms. The molecule has 0 spiro atoms. The zero-order chi connectivity index (χ0) is 18.5. The van der Waals surface area contributed by atoms with Crippen LogP contribution < -0.4 is 0 Å². The molecule has 0 unspecified atom stereocenters. The summed E-state index contributed by atoms with van der Waals surface area (Å²) in [6.45, 7) is 1.77. The van der Waals surface area contributed by atoms with Gasteiger partial charge in [0.15, 0.2) is 0 Å². The second-order valence-corrected chi connectivity index (χ2v) is 6.44. The van der Waals surface area contributed by atoms with E-state index >= 15 is 0 Å². The zero-order valence-corrected chi connectivity index (χ0v) is 14.8. The Hall–Kier alpha value is -3.13. The van der Waals surface area contributed by atoms with Crippen molar-refractivity contribution in [2.24, 2.45) is 0 Å². The summed E-state index contributed by atoms with van der Waals surface area (Å²) in [7, 11) is 0. The van der Waals surface area contributed by atoms with Crippen molar-refractivity contribution in [3.05, 3.63) is 66.2 Å². The highest BCUT2D eigenvalue weighted by atomic mass is 16.5. The lowest BCUT2D eigenvalue weighted by atomic mass is 10.1. The molecule has 0 saturated carbocycles. The van der Waals surface area contributed by atoms with Crippen molar-refractivity contribution < 1.29 is 9.53 Å². The summed E-state index contributed by atoms with van der Waals surface area (Å²) in [6.07, 6.45) is 5.35. The largest absolute Gasteiger partial charge is 0.376 e. The van der Waals surface area contributed by atoms with Gasteiger partial charge in [-0.05, 0) is 59.7 Å². The van der Waals surface area contributed by atoms with E-state index in [0.29, 0.717) is 18.7 Å². The Morgan fingerprint density at radius 3 is 2.78 bits per heavy atom. The van der Waals surface area contributed by atoms with Gasteiger partial charge in [0.05, 0.1) is 24.0 Å². The number of carbonyl (C=O) groups is 1. The van der Waals surface area contributed by atoms with E-state index in [9.17, 15) is 4.79 Å². The first-order valence-corrected chi connectivity index (χ1v) is 8.94. The number of amides is 1. The maximum Gasteiger partial charge on any atom is 0.254 e. The fraction of sp³-hybridized carbons (Fsp3) is 0.316. The molecule has 1 atom stereocenters. The van der Waals surface area contributed by atoms with E-state index in [0.717, 1.165) is 30.8 Å². The van der Waals surface area contributed by atoms with E-state index in [1.807, 2.05) is 35.2 Å². The average Bonchev–Trinajstić information content (AvgIpc) is 3.42. The molecule has 3 heterocycles. The molecule has 1 aromatic carbocycles. The van der Waals surface area contributed by atoms with Crippen LogP contribution in [0, 0.1) is 0 Å². The quantitative estimate of drug-likeness (QED) is 0.664. The lowest BCUT2D eigenvalue weighted by molar-refractivity contribution is 0.0504. The van der Waals surface area contributed by atoms with Gasteiger partial charge in [0.25, 0.3) is 5.91 Å². The van der Waals surface area contributed by atoms with Gasteiger partial charge >= 0.3 is 0 Å². The second-order valence-electron chi connectivity index (χ2n) is 6.44. The van der Waals surface area contributed by atoms with Gasteiger partial charge in [0.1, 0.15) is 6.33 Å². The number of rotatable bonds is 6. The van der Waals surface area contributed by atoms with E-state index in [4.69, 9.17) is 4.74 Å². The first kappa shape index (κ1) is 17.3. The molecule has 0 radical (unpaired) electrons. The fourth-order valence-electron chi connectivity index (χ4n) is 3.16. The molecular weight excluding hydrogens is 344 g/mol. The van der Waals surface area contributed by atoms with Gasteiger partial charge < -0.3 is 9.64 Å². The monoisotopic (exact) mass is 364 g/mol. The average molecular weight is 364 g/mol. The van der Waals surface area contributed by atoms with E-state index in [1.165, 1.54) is 6.33 Å². The lowest BCUT2D eigenvalue weighted by Gasteiger charge is -2.25. The Bertz CT molecular complexity index is 861. The summed E-state index contributed by atoms with van der Waals surface area (Å²) < 4.78 is 7.28. The van der Waals surface area contributed by atoms with Gasteiger partial charge in [-0.15, -0.1) is 5.10 Å². The van der Waals surface area contributed by atoms with Crippen LogP contribution in [-0.2, 0) is 11.3 Å². The van der Waals surface area contributed by atoms with Crippen LogP contribution >= 0.6 is 0 Å². The van der Waals surface area contributed by atoms with Crippen molar-refractivity contribution in [2.75, 3.05) is 13.2 Å². The molecule has 1 fully saturated rings. The molecule has 8 nitrogen and oxygen atoms in total. The third-order valence-electron chi connectivity index (χ3n) is 4.54. The van der Waals surface area contributed by atoms with Crippen LogP contribution in [0.15, 0.2) is 55.0 Å². The Morgan fingerprint density at radius 1 is 1.22 bits per heavy atom. The molecule has 1 saturated heterocycles. The van der Waals surface area contributed by atoms with Gasteiger partial charge in [-0.3, -0.25) is 9.78 Å². The van der Waals surface area contributed by atoms with Crippen LogP contribution in [0.1, 0.15) is 28.9 Å². The maximum atomic E-state index is 13.1. The van der Waals surface area contributed by atoms with Crippen molar-refractivity contribution in [1.82, 2.24) is 30.1 Å². The van der Waals surface area contributed by atoms with E-state index in [-0.39, 0.29) is 12.0 Å². The molecule has 4 rings (SSSR count).